The van der Waals surface area contributed by atoms with E-state index in [0.29, 0.717) is 30.3 Å². The highest BCUT2D eigenvalue weighted by atomic mass is 32.2. The number of sulfonamides is 1. The van der Waals surface area contributed by atoms with Gasteiger partial charge in [0.1, 0.15) is 10.6 Å². The largest absolute Gasteiger partial charge is 0.478 e. The van der Waals surface area contributed by atoms with Crippen molar-refractivity contribution in [2.45, 2.75) is 42.0 Å². The van der Waals surface area contributed by atoms with Gasteiger partial charge >= 0.3 is 5.97 Å². The molecule has 1 aliphatic rings. The Morgan fingerprint density at radius 3 is 2.60 bits per heavy atom. The predicted octanol–water partition coefficient (Wildman–Crippen LogP) is 5.45. The second-order valence-corrected chi connectivity index (χ2v) is 11.8. The van der Waals surface area contributed by atoms with Gasteiger partial charge in [0.15, 0.2) is 0 Å². The summed E-state index contributed by atoms with van der Waals surface area (Å²) in [5, 5.41) is 8.93. The second-order valence-electron chi connectivity index (χ2n) is 8.08. The molecule has 0 amide bonds. The maximum Gasteiger partial charge on any atom is 0.331 e. The number of fused-ring (bicyclic) bond motifs is 1. The highest BCUT2D eigenvalue weighted by molar-refractivity contribution is 7.99. The van der Waals surface area contributed by atoms with E-state index in [1.165, 1.54) is 17.8 Å². The van der Waals surface area contributed by atoms with Gasteiger partial charge in [-0.2, -0.15) is 16.1 Å². The van der Waals surface area contributed by atoms with Crippen LogP contribution in [-0.2, 0) is 14.8 Å². The molecule has 2 aromatic rings. The van der Waals surface area contributed by atoms with Crippen LogP contribution in [0.5, 0.6) is 5.75 Å². The smallest absolute Gasteiger partial charge is 0.331 e. The van der Waals surface area contributed by atoms with Crippen LogP contribution in [0.15, 0.2) is 64.6 Å². The average Bonchev–Trinajstić information content (AvgIpc) is 2.93. The van der Waals surface area contributed by atoms with E-state index < -0.39 is 16.0 Å². The Labute approximate surface area is 216 Å². The third kappa shape index (κ3) is 6.55. The molecule has 0 fully saturated rings. The highest BCUT2D eigenvalue weighted by Crippen LogP contribution is 2.43. The van der Waals surface area contributed by atoms with Crippen LogP contribution in [0, 0.1) is 0 Å². The molecule has 3 rings (SSSR count). The summed E-state index contributed by atoms with van der Waals surface area (Å²) in [5.41, 5.74) is 1.52. The second kappa shape index (κ2) is 12.7. The van der Waals surface area contributed by atoms with Crippen molar-refractivity contribution in [2.24, 2.45) is 0 Å². The third-order valence-corrected chi connectivity index (χ3v) is 9.13. The van der Waals surface area contributed by atoms with Crippen LogP contribution in [0.1, 0.15) is 26.2 Å². The Hall–Kier alpha value is -2.14. The number of carboxylic acid groups (broad SMARTS) is 1. The quantitative estimate of drug-likeness (QED) is 0.230. The van der Waals surface area contributed by atoms with Gasteiger partial charge in [-0.1, -0.05) is 38.0 Å². The summed E-state index contributed by atoms with van der Waals surface area (Å²) in [4.78, 5) is 13.9. The number of hydrogen-bond donors (Lipinski definition) is 1. The molecule has 7 nitrogen and oxygen atoms in total. The fourth-order valence-corrected chi connectivity index (χ4v) is 6.97. The summed E-state index contributed by atoms with van der Waals surface area (Å²) < 4.78 is 35.5. The van der Waals surface area contributed by atoms with Crippen molar-refractivity contribution in [1.82, 2.24) is 4.31 Å². The first-order valence-electron chi connectivity index (χ1n) is 11.4. The lowest BCUT2D eigenvalue weighted by Crippen LogP contribution is -2.44. The number of thioether (sulfide) groups is 2. The molecule has 0 saturated heterocycles. The fraction of sp³-hybridized carbons (Fsp3) is 0.400. The molecule has 10 heteroatoms. The number of carboxylic acids is 1. The van der Waals surface area contributed by atoms with Gasteiger partial charge < -0.3 is 14.7 Å². The molecule has 1 aliphatic heterocycles. The molecule has 35 heavy (non-hydrogen) atoms. The van der Waals surface area contributed by atoms with Gasteiger partial charge in [-0.25, -0.2) is 13.2 Å². The first-order valence-corrected chi connectivity index (χ1v) is 15.5. The molecule has 1 atom stereocenters. The molecule has 0 aliphatic carbocycles. The van der Waals surface area contributed by atoms with Gasteiger partial charge in [0.05, 0.1) is 22.9 Å². The summed E-state index contributed by atoms with van der Waals surface area (Å²) in [7, 11) is -3.85. The zero-order valence-electron chi connectivity index (χ0n) is 20.2. The van der Waals surface area contributed by atoms with Crippen LogP contribution in [0.2, 0.25) is 0 Å². The molecular formula is C25H32N2O5S3. The lowest BCUT2D eigenvalue weighted by Gasteiger charge is -2.31. The number of hydrogen-bond acceptors (Lipinski definition) is 7. The molecule has 1 heterocycles. The van der Waals surface area contributed by atoms with E-state index in [2.05, 4.69) is 11.8 Å². The Morgan fingerprint density at radius 1 is 1.23 bits per heavy atom. The van der Waals surface area contributed by atoms with E-state index in [4.69, 9.17) is 9.84 Å². The summed E-state index contributed by atoms with van der Waals surface area (Å²) in [6.45, 7) is 3.07. The van der Waals surface area contributed by atoms with Gasteiger partial charge in [0.2, 0.25) is 10.0 Å². The maximum atomic E-state index is 14.1. The van der Waals surface area contributed by atoms with Crippen LogP contribution < -0.4 is 9.64 Å². The molecule has 2 aromatic carbocycles. The van der Waals surface area contributed by atoms with Crippen LogP contribution in [0.3, 0.4) is 0 Å². The molecule has 0 spiro atoms. The molecule has 0 aromatic heterocycles. The summed E-state index contributed by atoms with van der Waals surface area (Å²) >= 11 is 3.03. The normalized spacial score (nSPS) is 17.8. The molecule has 0 radical (unpaired) electrons. The molecule has 190 valence electrons. The Kier molecular flexibility index (Phi) is 9.97. The molecule has 0 saturated carbocycles. The minimum absolute atomic E-state index is 0.165. The maximum absolute atomic E-state index is 14.1. The van der Waals surface area contributed by atoms with Crippen LogP contribution in [0.25, 0.3) is 0 Å². The van der Waals surface area contributed by atoms with Crippen molar-refractivity contribution in [1.29, 1.82) is 0 Å². The van der Waals surface area contributed by atoms with Gasteiger partial charge in [-0.05, 0) is 37.1 Å². The number of para-hydroxylation sites is 1. The first kappa shape index (κ1) is 27.4. The summed E-state index contributed by atoms with van der Waals surface area (Å²) in [6.07, 6.45) is 8.48. The van der Waals surface area contributed by atoms with Crippen molar-refractivity contribution < 1.29 is 23.1 Å². The zero-order chi connectivity index (χ0) is 25.4. The number of anilines is 2. The third-order valence-electron chi connectivity index (χ3n) is 5.80. The van der Waals surface area contributed by atoms with Crippen molar-refractivity contribution in [2.75, 3.05) is 36.3 Å². The summed E-state index contributed by atoms with van der Waals surface area (Å²) in [5.74, 6) is -0.145. The number of ether oxygens (including phenoxy) is 1. The number of rotatable bonds is 11. The Balaban J connectivity index is 2.23. The van der Waals surface area contributed by atoms with E-state index >= 15 is 0 Å². The van der Waals surface area contributed by atoms with E-state index in [9.17, 15) is 13.2 Å². The zero-order valence-corrected chi connectivity index (χ0v) is 22.7. The lowest BCUT2D eigenvalue weighted by atomic mass is 10.1. The Bertz CT molecular complexity index is 1140. The van der Waals surface area contributed by atoms with E-state index in [-0.39, 0.29) is 10.9 Å². The van der Waals surface area contributed by atoms with Crippen LogP contribution in [-0.4, -0.2) is 61.2 Å². The van der Waals surface area contributed by atoms with E-state index in [1.54, 1.807) is 16.1 Å². The number of nitrogens with zero attached hydrogens (tertiary/aromatic N) is 2. The van der Waals surface area contributed by atoms with Crippen molar-refractivity contribution >= 4 is 50.9 Å². The Morgan fingerprint density at radius 2 is 1.97 bits per heavy atom. The topological polar surface area (TPSA) is 87.1 Å². The minimum Gasteiger partial charge on any atom is -0.478 e. The fourth-order valence-electron chi connectivity index (χ4n) is 4.10. The monoisotopic (exact) mass is 536 g/mol. The molecular weight excluding hydrogens is 504 g/mol. The van der Waals surface area contributed by atoms with Crippen molar-refractivity contribution in [3.63, 3.8) is 0 Å². The SMILES string of the molecule is CCCCC1CN(c2ccccc2)c2cc(SC)c(O/C=C/C(=O)O)cc2S(=O)(=O)N1CCSC. The highest BCUT2D eigenvalue weighted by Gasteiger charge is 2.39. The van der Waals surface area contributed by atoms with Crippen LogP contribution in [0.4, 0.5) is 11.4 Å². The summed E-state index contributed by atoms with van der Waals surface area (Å²) in [6, 6.07) is 13.0. The first-order chi connectivity index (χ1) is 16.8. The van der Waals surface area contributed by atoms with Crippen molar-refractivity contribution in [3.05, 3.63) is 54.8 Å². The van der Waals surface area contributed by atoms with Gasteiger partial charge in [-0.3, -0.25) is 0 Å². The molecule has 0 bridgehead atoms. The molecule has 1 N–H and O–H groups in total. The van der Waals surface area contributed by atoms with Crippen LogP contribution >= 0.6 is 23.5 Å². The van der Waals surface area contributed by atoms with E-state index in [0.717, 1.165) is 42.2 Å². The van der Waals surface area contributed by atoms with Crippen molar-refractivity contribution in [3.8, 4) is 5.75 Å². The van der Waals surface area contributed by atoms with Gasteiger partial charge in [0, 0.05) is 36.6 Å². The minimum atomic E-state index is -3.85. The standard InChI is InChI=1S/C25H32N2O5S3/c1-4-5-9-20-18-26(19-10-7-6-8-11-19)21-16-23(34-3)22(32-14-12-25(28)29)17-24(21)35(30,31)27(20)13-15-33-2/h6-8,10-12,14,16-17,20H,4-5,9,13,15,18H2,1-3H3,(H,28,29)/b14-12+. The molecule has 1 unspecified atom stereocenters. The average molecular weight is 537 g/mol. The predicted molar refractivity (Wildman–Crippen MR) is 145 cm³/mol. The van der Waals surface area contributed by atoms with Gasteiger partial charge in [-0.15, -0.1) is 11.8 Å². The number of unbranched alkanes of at least 4 members (excludes halogenated alkanes) is 1. The number of benzene rings is 2. The number of carbonyl (C=O) groups is 1. The van der Waals surface area contributed by atoms with E-state index in [1.807, 2.05) is 48.9 Å². The lowest BCUT2D eigenvalue weighted by molar-refractivity contribution is -0.131. The number of aliphatic carboxylic acids is 1. The van der Waals surface area contributed by atoms with Gasteiger partial charge in [0.25, 0.3) is 0 Å².